The Morgan fingerprint density at radius 2 is 1.82 bits per heavy atom. The number of carboxylic acid groups (broad SMARTS) is 1. The van der Waals surface area contributed by atoms with Crippen molar-refractivity contribution in [3.63, 3.8) is 0 Å². The highest BCUT2D eigenvalue weighted by Gasteiger charge is 2.36. The maximum absolute atomic E-state index is 12.5. The fourth-order valence-corrected chi connectivity index (χ4v) is 3.84. The van der Waals surface area contributed by atoms with Gasteiger partial charge >= 0.3 is 0 Å². The van der Waals surface area contributed by atoms with Crippen molar-refractivity contribution in [2.45, 2.75) is 44.6 Å². The van der Waals surface area contributed by atoms with Gasteiger partial charge in [0.05, 0.1) is 0 Å². The first-order valence-corrected chi connectivity index (χ1v) is 8.17. The molecule has 1 aromatic rings. The molecule has 4 rings (SSSR count). The molecule has 1 aromatic carbocycles. The van der Waals surface area contributed by atoms with Gasteiger partial charge in [0.1, 0.15) is 0 Å². The van der Waals surface area contributed by atoms with Crippen LogP contribution in [0.25, 0.3) is 0 Å². The number of carboxylic acids is 1. The van der Waals surface area contributed by atoms with E-state index in [1.807, 2.05) is 35.2 Å². The van der Waals surface area contributed by atoms with Gasteiger partial charge in [-0.25, -0.2) is 0 Å². The summed E-state index contributed by atoms with van der Waals surface area (Å²) in [5.41, 5.74) is 0.935. The van der Waals surface area contributed by atoms with Crippen LogP contribution in [0.3, 0.4) is 0 Å². The number of hydrogen-bond acceptors (Lipinski definition) is 3. The Bertz CT molecular complexity index is 535. The molecule has 3 fully saturated rings. The summed E-state index contributed by atoms with van der Waals surface area (Å²) in [4.78, 5) is 25.9. The molecule has 3 aliphatic rings. The number of fused-ring (bicyclic) bond motifs is 3. The molecule has 0 radical (unpaired) electrons. The van der Waals surface area contributed by atoms with Gasteiger partial charge in [-0.3, -0.25) is 4.79 Å². The van der Waals surface area contributed by atoms with Crippen molar-refractivity contribution in [3.05, 3.63) is 35.9 Å². The average Bonchev–Trinajstić information content (AvgIpc) is 2.56. The zero-order valence-electron chi connectivity index (χ0n) is 12.7. The summed E-state index contributed by atoms with van der Waals surface area (Å²) < 4.78 is 0. The van der Waals surface area contributed by atoms with Crippen LogP contribution in [0.4, 0.5) is 0 Å². The summed E-state index contributed by atoms with van der Waals surface area (Å²) in [6.45, 7) is 0.814. The second-order valence-corrected chi connectivity index (χ2v) is 6.63. The lowest BCUT2D eigenvalue weighted by Gasteiger charge is -2.45. The van der Waals surface area contributed by atoms with E-state index in [9.17, 15) is 14.7 Å². The molecule has 2 saturated heterocycles. The highest BCUT2D eigenvalue weighted by Crippen LogP contribution is 2.35. The monoisotopic (exact) mass is 300 g/mol. The second kappa shape index (κ2) is 6.51. The summed E-state index contributed by atoms with van der Waals surface area (Å²) in [6.07, 6.45) is 4.98. The molecule has 0 aromatic heterocycles. The molecular formula is C18H22NO3-. The van der Waals surface area contributed by atoms with Crippen LogP contribution in [0, 0.1) is 11.8 Å². The van der Waals surface area contributed by atoms with Gasteiger partial charge in [-0.05, 0) is 43.6 Å². The number of benzene rings is 1. The number of carbonyl (C=O) groups is 2. The molecule has 0 N–H and O–H groups in total. The predicted molar refractivity (Wildman–Crippen MR) is 80.7 cm³/mol. The number of amides is 1. The fraction of sp³-hybridized carbons (Fsp3) is 0.556. The summed E-state index contributed by atoms with van der Waals surface area (Å²) in [6, 6.07) is 9.77. The highest BCUT2D eigenvalue weighted by atomic mass is 16.4. The molecule has 4 nitrogen and oxygen atoms in total. The van der Waals surface area contributed by atoms with E-state index in [1.165, 1.54) is 12.8 Å². The van der Waals surface area contributed by atoms with Crippen molar-refractivity contribution in [2.24, 2.45) is 11.8 Å². The van der Waals surface area contributed by atoms with E-state index in [1.54, 1.807) is 0 Å². The van der Waals surface area contributed by atoms with Gasteiger partial charge in [-0.15, -0.1) is 0 Å². The van der Waals surface area contributed by atoms with Crippen molar-refractivity contribution in [1.29, 1.82) is 0 Å². The zero-order chi connectivity index (χ0) is 15.5. The lowest BCUT2D eigenvalue weighted by molar-refractivity contribution is -0.311. The van der Waals surface area contributed by atoms with Gasteiger partial charge in [0.15, 0.2) is 0 Å². The summed E-state index contributed by atoms with van der Waals surface area (Å²) >= 11 is 0. The van der Waals surface area contributed by atoms with Crippen molar-refractivity contribution < 1.29 is 14.7 Å². The first-order valence-electron chi connectivity index (χ1n) is 8.17. The van der Waals surface area contributed by atoms with E-state index in [0.29, 0.717) is 18.4 Å². The minimum atomic E-state index is -1.13. The minimum Gasteiger partial charge on any atom is -0.550 e. The normalized spacial score (nSPS) is 25.0. The molecule has 2 heterocycles. The van der Waals surface area contributed by atoms with Crippen LogP contribution in [0.15, 0.2) is 30.3 Å². The lowest BCUT2D eigenvalue weighted by atomic mass is 9.79. The molecule has 4 heteroatoms. The Labute approximate surface area is 131 Å². The number of rotatable bonds is 5. The van der Waals surface area contributed by atoms with E-state index >= 15 is 0 Å². The maximum Gasteiger partial charge on any atom is 0.223 e. The number of piperidine rings is 2. The predicted octanol–water partition coefficient (Wildman–Crippen LogP) is 1.39. The Hall–Kier alpha value is -1.84. The van der Waals surface area contributed by atoms with Gasteiger partial charge < -0.3 is 14.8 Å². The Kier molecular flexibility index (Phi) is 4.46. The van der Waals surface area contributed by atoms with Crippen LogP contribution >= 0.6 is 0 Å². The third-order valence-corrected chi connectivity index (χ3v) is 5.11. The van der Waals surface area contributed by atoms with Crippen molar-refractivity contribution in [2.75, 3.05) is 6.54 Å². The second-order valence-electron chi connectivity index (χ2n) is 6.63. The largest absolute Gasteiger partial charge is 0.550 e. The van der Waals surface area contributed by atoms with Gasteiger partial charge in [0.25, 0.3) is 0 Å². The Morgan fingerprint density at radius 1 is 1.14 bits per heavy atom. The molecular weight excluding hydrogens is 278 g/mol. The van der Waals surface area contributed by atoms with E-state index in [-0.39, 0.29) is 12.3 Å². The molecule has 1 atom stereocenters. The highest BCUT2D eigenvalue weighted by molar-refractivity contribution is 5.82. The quantitative estimate of drug-likeness (QED) is 0.825. The van der Waals surface area contributed by atoms with Gasteiger partial charge in [-0.2, -0.15) is 0 Å². The molecule has 0 unspecified atom stereocenters. The SMILES string of the molecule is O=C([O-])[C@H](CC(=O)N1CC2CCC1CC2)Cc1ccccc1. The number of aliphatic carboxylic acids is 1. The fourth-order valence-electron chi connectivity index (χ4n) is 3.84. The van der Waals surface area contributed by atoms with Crippen LogP contribution in [-0.2, 0) is 16.0 Å². The topological polar surface area (TPSA) is 60.4 Å². The molecule has 118 valence electrons. The summed E-state index contributed by atoms with van der Waals surface area (Å²) in [5.74, 6) is -1.27. The van der Waals surface area contributed by atoms with Crippen LogP contribution in [-0.4, -0.2) is 29.4 Å². The van der Waals surface area contributed by atoms with Crippen molar-refractivity contribution in [1.82, 2.24) is 4.90 Å². The van der Waals surface area contributed by atoms with E-state index in [2.05, 4.69) is 0 Å². The third-order valence-electron chi connectivity index (χ3n) is 5.11. The van der Waals surface area contributed by atoms with Crippen molar-refractivity contribution in [3.8, 4) is 0 Å². The standard InChI is InChI=1S/C18H23NO3/c20-17(19-12-14-6-8-16(19)9-7-14)11-15(18(21)22)10-13-4-2-1-3-5-13/h1-5,14-16H,6-12H2,(H,21,22)/p-1/t14?,15-,16?/m0/s1. The van der Waals surface area contributed by atoms with Crippen LogP contribution < -0.4 is 5.11 Å². The van der Waals surface area contributed by atoms with E-state index in [0.717, 1.165) is 24.9 Å². The molecule has 22 heavy (non-hydrogen) atoms. The molecule has 1 saturated carbocycles. The molecule has 0 spiro atoms. The third kappa shape index (κ3) is 3.32. The van der Waals surface area contributed by atoms with E-state index in [4.69, 9.17) is 0 Å². The van der Waals surface area contributed by atoms with Crippen molar-refractivity contribution >= 4 is 11.9 Å². The molecule has 2 bridgehead atoms. The first kappa shape index (κ1) is 15.1. The van der Waals surface area contributed by atoms with Crippen LogP contribution in [0.5, 0.6) is 0 Å². The van der Waals surface area contributed by atoms with Gasteiger partial charge in [0.2, 0.25) is 5.91 Å². The smallest absolute Gasteiger partial charge is 0.223 e. The maximum atomic E-state index is 12.5. The first-order chi connectivity index (χ1) is 10.6. The Balaban J connectivity index is 1.63. The number of carbonyl (C=O) groups excluding carboxylic acids is 2. The minimum absolute atomic E-state index is 0.0143. The number of nitrogens with zero attached hydrogens (tertiary/aromatic N) is 1. The molecule has 2 aliphatic heterocycles. The van der Waals surface area contributed by atoms with Crippen LogP contribution in [0.2, 0.25) is 0 Å². The summed E-state index contributed by atoms with van der Waals surface area (Å²) in [7, 11) is 0. The summed E-state index contributed by atoms with van der Waals surface area (Å²) in [5, 5.41) is 11.4. The number of hydrogen-bond donors (Lipinski definition) is 0. The Morgan fingerprint density at radius 3 is 2.36 bits per heavy atom. The van der Waals surface area contributed by atoms with E-state index < -0.39 is 11.9 Å². The average molecular weight is 300 g/mol. The van der Waals surface area contributed by atoms with Gasteiger partial charge in [0, 0.05) is 30.9 Å². The lowest BCUT2D eigenvalue weighted by Crippen LogP contribution is -2.51. The molecule has 1 amide bonds. The van der Waals surface area contributed by atoms with Gasteiger partial charge in [-0.1, -0.05) is 30.3 Å². The zero-order valence-corrected chi connectivity index (χ0v) is 12.7. The van der Waals surface area contributed by atoms with Crippen LogP contribution in [0.1, 0.15) is 37.7 Å². The molecule has 1 aliphatic carbocycles.